The van der Waals surface area contributed by atoms with Crippen LogP contribution in [0.3, 0.4) is 0 Å². The number of hydrogen-bond acceptors (Lipinski definition) is 5. The quantitative estimate of drug-likeness (QED) is 0.759. The molecule has 2 aliphatic rings. The van der Waals surface area contributed by atoms with E-state index < -0.39 is 10.0 Å². The monoisotopic (exact) mass is 429 g/mol. The van der Waals surface area contributed by atoms with Gasteiger partial charge in [0, 0.05) is 37.3 Å². The predicted molar refractivity (Wildman–Crippen MR) is 116 cm³/mol. The van der Waals surface area contributed by atoms with Gasteiger partial charge in [-0.15, -0.1) is 0 Å². The molecular weight excluding hydrogens is 402 g/mol. The van der Waals surface area contributed by atoms with Crippen LogP contribution in [0.1, 0.15) is 12.5 Å². The highest BCUT2D eigenvalue weighted by Gasteiger charge is 2.35. The van der Waals surface area contributed by atoms with E-state index in [1.807, 2.05) is 30.3 Å². The molecule has 2 aliphatic heterocycles. The van der Waals surface area contributed by atoms with Crippen molar-refractivity contribution >= 4 is 21.6 Å². The minimum atomic E-state index is -3.81. The number of carbonyl (C=O) groups excluding carboxylic acids is 1. The van der Waals surface area contributed by atoms with Crippen molar-refractivity contribution in [1.82, 2.24) is 10.2 Å². The van der Waals surface area contributed by atoms with E-state index in [-0.39, 0.29) is 17.3 Å². The summed E-state index contributed by atoms with van der Waals surface area (Å²) in [6, 6.07) is 12.7. The van der Waals surface area contributed by atoms with E-state index in [0.717, 1.165) is 37.2 Å². The third-order valence-corrected chi connectivity index (χ3v) is 7.44. The molecule has 0 atom stereocenters. The van der Waals surface area contributed by atoms with Crippen LogP contribution in [0, 0.1) is 0 Å². The van der Waals surface area contributed by atoms with E-state index >= 15 is 0 Å². The Morgan fingerprint density at radius 2 is 1.87 bits per heavy atom. The fraction of sp³-hybridized carbons (Fsp3) is 0.409. The van der Waals surface area contributed by atoms with Crippen LogP contribution in [-0.2, 0) is 26.0 Å². The second-order valence-corrected chi connectivity index (χ2v) is 9.35. The summed E-state index contributed by atoms with van der Waals surface area (Å²) in [7, 11) is -3.81. The van der Waals surface area contributed by atoms with Crippen molar-refractivity contribution in [2.75, 3.05) is 50.2 Å². The molecule has 1 amide bonds. The predicted octanol–water partition coefficient (Wildman–Crippen LogP) is 1.87. The molecule has 2 heterocycles. The molecule has 8 heteroatoms. The number of nitrogens with one attached hydrogen (secondary N) is 1. The van der Waals surface area contributed by atoms with Crippen LogP contribution >= 0.6 is 0 Å². The number of rotatable bonds is 6. The molecule has 0 saturated carbocycles. The molecule has 4 rings (SSSR count). The topological polar surface area (TPSA) is 79.0 Å². The second-order valence-electron chi connectivity index (χ2n) is 7.52. The van der Waals surface area contributed by atoms with Crippen LogP contribution in [-0.4, -0.2) is 65.2 Å². The first-order chi connectivity index (χ1) is 14.5. The summed E-state index contributed by atoms with van der Waals surface area (Å²) in [4.78, 5) is 15.1. The summed E-state index contributed by atoms with van der Waals surface area (Å²) in [6.45, 7) is 6.13. The van der Waals surface area contributed by atoms with Crippen LogP contribution in [0.25, 0.3) is 11.1 Å². The molecule has 1 fully saturated rings. The number of hydrogen-bond donors (Lipinski definition) is 1. The Balaban J connectivity index is 1.54. The molecule has 2 aromatic rings. The van der Waals surface area contributed by atoms with E-state index in [4.69, 9.17) is 4.74 Å². The highest BCUT2D eigenvalue weighted by molar-refractivity contribution is 7.93. The minimum Gasteiger partial charge on any atom is -0.379 e. The van der Waals surface area contributed by atoms with E-state index in [9.17, 15) is 13.2 Å². The second kappa shape index (κ2) is 8.75. The smallest absolute Gasteiger partial charge is 0.265 e. The number of anilines is 1. The summed E-state index contributed by atoms with van der Waals surface area (Å²) in [5, 5.41) is 2.86. The van der Waals surface area contributed by atoms with Crippen molar-refractivity contribution < 1.29 is 17.9 Å². The number of carbonyl (C=O) groups is 1. The number of sulfonamides is 1. The lowest BCUT2D eigenvalue weighted by atomic mass is 9.99. The average molecular weight is 430 g/mol. The summed E-state index contributed by atoms with van der Waals surface area (Å²) in [5.74, 6) is -0.309. The Kier molecular flexibility index (Phi) is 6.08. The van der Waals surface area contributed by atoms with Crippen LogP contribution < -0.4 is 9.62 Å². The van der Waals surface area contributed by atoms with Crippen molar-refractivity contribution in [3.8, 4) is 11.1 Å². The number of amides is 1. The molecule has 7 nitrogen and oxygen atoms in total. The van der Waals surface area contributed by atoms with E-state index in [2.05, 4.69) is 17.1 Å². The average Bonchev–Trinajstić information content (AvgIpc) is 2.77. The Labute approximate surface area is 177 Å². The van der Waals surface area contributed by atoms with Crippen molar-refractivity contribution in [2.24, 2.45) is 0 Å². The molecule has 0 bridgehead atoms. The first kappa shape index (κ1) is 20.8. The Bertz CT molecular complexity index is 1030. The van der Waals surface area contributed by atoms with Crippen molar-refractivity contribution in [3.63, 3.8) is 0 Å². The normalized spacial score (nSPS) is 17.8. The van der Waals surface area contributed by atoms with Gasteiger partial charge >= 0.3 is 0 Å². The number of morpholine rings is 1. The molecule has 1 saturated heterocycles. The minimum absolute atomic E-state index is 0.238. The highest BCUT2D eigenvalue weighted by Crippen LogP contribution is 2.43. The van der Waals surface area contributed by atoms with Crippen molar-refractivity contribution in [1.29, 1.82) is 0 Å². The van der Waals surface area contributed by atoms with Gasteiger partial charge in [0.1, 0.15) is 6.54 Å². The SMILES string of the molecule is CCc1ccc2c(c1)-c1ccccc1S(=O)(=O)N2CC(=O)NCCN1CCOCC1. The van der Waals surface area contributed by atoms with Gasteiger partial charge in [-0.25, -0.2) is 8.42 Å². The van der Waals surface area contributed by atoms with Gasteiger partial charge in [0.25, 0.3) is 10.0 Å². The molecule has 0 unspecified atom stereocenters. The third kappa shape index (κ3) is 4.08. The summed E-state index contributed by atoms with van der Waals surface area (Å²) < 4.78 is 33.2. The van der Waals surface area contributed by atoms with Gasteiger partial charge in [0.15, 0.2) is 0 Å². The van der Waals surface area contributed by atoms with Gasteiger partial charge in [-0.3, -0.25) is 14.0 Å². The molecule has 0 aromatic heterocycles. The van der Waals surface area contributed by atoms with Crippen LogP contribution in [0.5, 0.6) is 0 Å². The lowest BCUT2D eigenvalue weighted by Gasteiger charge is -2.32. The zero-order valence-electron chi connectivity index (χ0n) is 17.1. The zero-order valence-corrected chi connectivity index (χ0v) is 18.0. The van der Waals surface area contributed by atoms with Gasteiger partial charge < -0.3 is 10.1 Å². The lowest BCUT2D eigenvalue weighted by Crippen LogP contribution is -2.45. The van der Waals surface area contributed by atoms with Crippen LogP contribution in [0.15, 0.2) is 47.4 Å². The largest absolute Gasteiger partial charge is 0.379 e. The Morgan fingerprint density at radius 1 is 1.10 bits per heavy atom. The van der Waals surface area contributed by atoms with Crippen molar-refractivity contribution in [2.45, 2.75) is 18.2 Å². The number of fused-ring (bicyclic) bond motifs is 3. The first-order valence-electron chi connectivity index (χ1n) is 10.3. The number of benzene rings is 2. The highest BCUT2D eigenvalue weighted by atomic mass is 32.2. The maximum absolute atomic E-state index is 13.3. The van der Waals surface area contributed by atoms with Crippen molar-refractivity contribution in [3.05, 3.63) is 48.0 Å². The van der Waals surface area contributed by atoms with Crippen LogP contribution in [0.4, 0.5) is 5.69 Å². The first-order valence-corrected chi connectivity index (χ1v) is 11.8. The standard InChI is InChI=1S/C22H27N3O4S/c1-2-17-7-8-20-19(15-17)18-5-3-4-6-21(18)30(27,28)25(20)16-22(26)23-9-10-24-11-13-29-14-12-24/h3-8,15H,2,9-14,16H2,1H3,(H,23,26). The molecule has 0 radical (unpaired) electrons. The number of ether oxygens (including phenoxy) is 1. The molecule has 30 heavy (non-hydrogen) atoms. The summed E-state index contributed by atoms with van der Waals surface area (Å²) in [5.41, 5.74) is 3.21. The third-order valence-electron chi connectivity index (χ3n) is 5.62. The molecule has 1 N–H and O–H groups in total. The molecule has 0 spiro atoms. The number of nitrogens with zero attached hydrogens (tertiary/aromatic N) is 2. The summed E-state index contributed by atoms with van der Waals surface area (Å²) >= 11 is 0. The fourth-order valence-corrected chi connectivity index (χ4v) is 5.58. The zero-order chi connectivity index (χ0) is 21.1. The fourth-order valence-electron chi connectivity index (χ4n) is 3.93. The summed E-state index contributed by atoms with van der Waals surface area (Å²) in [6.07, 6.45) is 0.851. The lowest BCUT2D eigenvalue weighted by molar-refractivity contribution is -0.119. The maximum Gasteiger partial charge on any atom is 0.265 e. The van der Waals surface area contributed by atoms with Gasteiger partial charge in [0.2, 0.25) is 5.91 Å². The maximum atomic E-state index is 13.3. The molecule has 0 aliphatic carbocycles. The van der Waals surface area contributed by atoms with Gasteiger partial charge in [0.05, 0.1) is 23.8 Å². The van der Waals surface area contributed by atoms with Gasteiger partial charge in [-0.1, -0.05) is 31.2 Å². The van der Waals surface area contributed by atoms with Gasteiger partial charge in [-0.2, -0.15) is 0 Å². The molecular formula is C22H27N3O4S. The molecule has 160 valence electrons. The molecule has 2 aromatic carbocycles. The Morgan fingerprint density at radius 3 is 2.63 bits per heavy atom. The van der Waals surface area contributed by atoms with Crippen LogP contribution in [0.2, 0.25) is 0 Å². The number of aryl methyl sites for hydroxylation is 1. The Hall–Kier alpha value is -2.42. The van der Waals surface area contributed by atoms with E-state index in [1.54, 1.807) is 12.1 Å². The van der Waals surface area contributed by atoms with E-state index in [1.165, 1.54) is 4.31 Å². The van der Waals surface area contributed by atoms with Gasteiger partial charge in [-0.05, 0) is 30.2 Å². The van der Waals surface area contributed by atoms with E-state index in [0.29, 0.717) is 31.0 Å².